The highest BCUT2D eigenvalue weighted by Crippen LogP contribution is 2.50. The molecule has 15 rings (SSSR count). The predicted molar refractivity (Wildman–Crippen MR) is 525 cm³/mol. The number of anilines is 2. The molecule has 0 amide bonds. The molecule has 0 N–H and O–H groups in total. The quantitative estimate of drug-likeness (QED) is 0.0263. The normalized spacial score (nSPS) is 16.1. The first-order chi connectivity index (χ1) is 57.9. The molecule has 119 heavy (non-hydrogen) atoms. The van der Waals surface area contributed by atoms with Gasteiger partial charge in [-0.3, -0.25) is 0 Å². The predicted octanol–water partition coefficient (Wildman–Crippen LogP) is 25.6. The molecule has 4 heterocycles. The molecule has 11 aromatic carbocycles. The van der Waals surface area contributed by atoms with Crippen molar-refractivity contribution in [3.63, 3.8) is 0 Å². The molecule has 11 aromatic rings. The standard InChI is InChI=1S/C36H43N2.C33H43N2.2C22H24B/c1-7-9-26-38-31-24-23-27-17-13-14-18-28(27)34(31)36(5,6)33(38)22-12-10-11-21-32-35(3,4)29-19-15-16-20-30(29)37(32)25-8-2;1-7-9-24-34-28-20-16-14-18-26(28)32(3,4)30(34)22-12-11-13-23-31-33(5,6)27-19-15-17-21-29(27)35(31)25-10-8-2;2*1-2-3-19-23(20-13-7-4-8-14-20,21-15-9-5-10-16-21)22-17-11-6-12-18-22/h10-24H,7-9,25-26H2,1-6H3;11-23H,7-10,24-25H2,1-6H3;2*4-18H,2-3,19H2,1H3/q2*+1;2*-1. The molecule has 0 aromatic heterocycles. The van der Waals surface area contributed by atoms with E-state index in [1.807, 2.05) is 0 Å². The molecular formula is C113H134B2N4. The van der Waals surface area contributed by atoms with Gasteiger partial charge in [0.15, 0.2) is 11.4 Å². The lowest BCUT2D eigenvalue weighted by atomic mass is 9.14. The fraction of sp³-hybridized carbons (Fsp3) is 0.310. The van der Waals surface area contributed by atoms with E-state index in [4.69, 9.17) is 0 Å². The van der Waals surface area contributed by atoms with Crippen molar-refractivity contribution in [1.82, 2.24) is 0 Å². The van der Waals surface area contributed by atoms with E-state index in [1.54, 1.807) is 0 Å². The van der Waals surface area contributed by atoms with Gasteiger partial charge in [-0.2, -0.15) is 54.6 Å². The molecule has 0 saturated carbocycles. The average Bonchev–Trinajstić information content (AvgIpc) is 1.64. The molecule has 0 fully saturated rings. The van der Waals surface area contributed by atoms with Crippen molar-refractivity contribution in [3.05, 3.63) is 386 Å². The molecule has 612 valence electrons. The summed E-state index contributed by atoms with van der Waals surface area (Å²) in [6, 6.07) is 106. The summed E-state index contributed by atoms with van der Waals surface area (Å²) in [7, 11) is 0. The van der Waals surface area contributed by atoms with Crippen molar-refractivity contribution in [1.29, 1.82) is 0 Å². The number of para-hydroxylation sites is 3. The molecule has 0 saturated heterocycles. The minimum atomic E-state index is -0.913. The minimum absolute atomic E-state index is 0.00165. The minimum Gasteiger partial charge on any atom is -0.344 e. The number of hydrogen-bond acceptors (Lipinski definition) is 2. The van der Waals surface area contributed by atoms with E-state index < -0.39 is 12.3 Å². The first-order valence-electron chi connectivity index (χ1n) is 45.4. The van der Waals surface area contributed by atoms with Gasteiger partial charge in [0.25, 0.3) is 0 Å². The summed E-state index contributed by atoms with van der Waals surface area (Å²) >= 11 is 0. The zero-order chi connectivity index (χ0) is 83.9. The van der Waals surface area contributed by atoms with Gasteiger partial charge in [-0.15, -0.1) is 0 Å². The van der Waals surface area contributed by atoms with E-state index in [1.165, 1.54) is 188 Å². The van der Waals surface area contributed by atoms with Crippen LogP contribution in [0, 0.1) is 0 Å². The van der Waals surface area contributed by atoms with Crippen LogP contribution >= 0.6 is 0 Å². The highest BCUT2D eigenvalue weighted by atomic mass is 15.2. The molecule has 0 unspecified atom stereocenters. The largest absolute Gasteiger partial charge is 0.344 e. The lowest BCUT2D eigenvalue weighted by Crippen LogP contribution is -2.66. The SMILES string of the molecule is CCCCN1/C(=C/C=C/C=C/C2=[N+](CCCC)c3ccccc3C2(C)C)C(C)(C)c2ccccc21.CCCC[B-](c1ccccc1)(c1ccccc1)c1ccccc1.CCCC[B-](c1ccccc1)(c1ccccc1)c1ccccc1.CCCC[N+]1=C(/C=C/C=C/C=C2/N(CCC)c3ccccc3C2(C)C)C(C)(C)c2c1ccc1ccccc21. The lowest BCUT2D eigenvalue weighted by Gasteiger charge is -2.43. The third-order valence-electron chi connectivity index (χ3n) is 26.5. The third kappa shape index (κ3) is 18.8. The molecule has 4 nitrogen and oxygen atoms in total. The summed E-state index contributed by atoms with van der Waals surface area (Å²) in [5, 5.41) is 2.70. The Hall–Kier alpha value is -10.8. The zero-order valence-electron chi connectivity index (χ0n) is 74.5. The monoisotopic (exact) mass is 1570 g/mol. The number of nitrogens with zero attached hydrogens (tertiary/aromatic N) is 4. The molecule has 0 bridgehead atoms. The van der Waals surface area contributed by atoms with E-state index >= 15 is 0 Å². The van der Waals surface area contributed by atoms with E-state index in [0.717, 1.165) is 32.6 Å². The van der Waals surface area contributed by atoms with Crippen LogP contribution in [0.4, 0.5) is 22.7 Å². The van der Waals surface area contributed by atoms with E-state index in [9.17, 15) is 0 Å². The maximum atomic E-state index is 2.56. The summed E-state index contributed by atoms with van der Waals surface area (Å²) in [6.45, 7) is 36.8. The number of hydrogen-bond donors (Lipinski definition) is 0. The van der Waals surface area contributed by atoms with Crippen molar-refractivity contribution < 1.29 is 9.15 Å². The fourth-order valence-corrected chi connectivity index (χ4v) is 20.2. The van der Waals surface area contributed by atoms with Crippen LogP contribution in [0.1, 0.15) is 190 Å². The highest BCUT2D eigenvalue weighted by Gasteiger charge is 2.47. The molecule has 6 heteroatoms. The van der Waals surface area contributed by atoms with Gasteiger partial charge in [0.1, 0.15) is 13.1 Å². The van der Waals surface area contributed by atoms with Crippen LogP contribution in [0.5, 0.6) is 0 Å². The lowest BCUT2D eigenvalue weighted by molar-refractivity contribution is -0.438. The Morgan fingerprint density at radius 1 is 0.286 bits per heavy atom. The molecule has 0 aliphatic carbocycles. The Balaban J connectivity index is 0.000000149. The number of fused-ring (bicyclic) bond motifs is 6. The van der Waals surface area contributed by atoms with Gasteiger partial charge in [0.2, 0.25) is 11.4 Å². The molecule has 4 aliphatic heterocycles. The van der Waals surface area contributed by atoms with Crippen LogP contribution in [0.15, 0.2) is 363 Å². The Bertz CT molecular complexity index is 5040. The Morgan fingerprint density at radius 2 is 0.630 bits per heavy atom. The van der Waals surface area contributed by atoms with Crippen molar-refractivity contribution in [2.75, 3.05) is 36.0 Å². The second kappa shape index (κ2) is 40.8. The third-order valence-corrected chi connectivity index (χ3v) is 26.5. The Kier molecular flexibility index (Phi) is 30.0. The smallest absolute Gasteiger partial charge is 0.210 e. The van der Waals surface area contributed by atoms with E-state index in [-0.39, 0.29) is 21.7 Å². The zero-order valence-corrected chi connectivity index (χ0v) is 74.5. The van der Waals surface area contributed by atoms with Crippen LogP contribution < -0.4 is 42.6 Å². The first-order valence-corrected chi connectivity index (χ1v) is 45.4. The van der Waals surface area contributed by atoms with Gasteiger partial charge >= 0.3 is 0 Å². The number of benzene rings is 11. The second-order valence-corrected chi connectivity index (χ2v) is 35.6. The van der Waals surface area contributed by atoms with Gasteiger partial charge in [0, 0.05) is 94.9 Å². The molecule has 0 radical (unpaired) electrons. The van der Waals surface area contributed by atoms with E-state index in [2.05, 4.69) is 468 Å². The molecular weight excluding hydrogens is 1430 g/mol. The van der Waals surface area contributed by atoms with Crippen molar-refractivity contribution in [2.45, 2.75) is 202 Å². The first kappa shape index (κ1) is 87.5. The summed E-state index contributed by atoms with van der Waals surface area (Å²) in [5.41, 5.74) is 25.4. The van der Waals surface area contributed by atoms with Gasteiger partial charge in [0.05, 0.1) is 23.1 Å². The molecule has 4 aliphatic rings. The topological polar surface area (TPSA) is 12.5 Å². The van der Waals surface area contributed by atoms with Crippen molar-refractivity contribution >= 4 is 90.0 Å². The molecule has 0 atom stereocenters. The summed E-state index contributed by atoms with van der Waals surface area (Å²) < 4.78 is 5.10. The summed E-state index contributed by atoms with van der Waals surface area (Å²) in [6.07, 6.45) is 36.4. The summed E-state index contributed by atoms with van der Waals surface area (Å²) in [4.78, 5) is 5.04. The van der Waals surface area contributed by atoms with Gasteiger partial charge in [-0.25, -0.2) is 0 Å². The highest BCUT2D eigenvalue weighted by molar-refractivity contribution is 7.12. The van der Waals surface area contributed by atoms with Crippen LogP contribution in [0.3, 0.4) is 0 Å². The number of allylic oxidation sites excluding steroid dienone is 12. The van der Waals surface area contributed by atoms with Crippen LogP contribution in [0.2, 0.25) is 12.6 Å². The van der Waals surface area contributed by atoms with Crippen molar-refractivity contribution in [2.24, 2.45) is 0 Å². The number of unbranched alkanes of at least 4 members (excludes halogenated alkanes) is 5. The van der Waals surface area contributed by atoms with E-state index in [0.29, 0.717) is 0 Å². The van der Waals surface area contributed by atoms with Gasteiger partial charge < -0.3 is 9.80 Å². The fourth-order valence-electron chi connectivity index (χ4n) is 20.2. The van der Waals surface area contributed by atoms with Crippen LogP contribution in [-0.4, -0.2) is 59.0 Å². The number of rotatable bonds is 29. The van der Waals surface area contributed by atoms with Crippen LogP contribution in [0.25, 0.3) is 10.8 Å². The molecule has 0 spiro atoms. The maximum Gasteiger partial charge on any atom is 0.210 e. The maximum absolute atomic E-state index is 2.56. The Labute approximate surface area is 717 Å². The van der Waals surface area contributed by atoms with Gasteiger partial charge in [-0.1, -0.05) is 411 Å². The van der Waals surface area contributed by atoms with Crippen molar-refractivity contribution in [3.8, 4) is 0 Å². The second-order valence-electron chi connectivity index (χ2n) is 35.6. The van der Waals surface area contributed by atoms with Gasteiger partial charge in [-0.05, 0) is 92.8 Å². The van der Waals surface area contributed by atoms with Crippen LogP contribution in [-0.2, 0) is 21.7 Å². The summed E-state index contributed by atoms with van der Waals surface area (Å²) in [5.74, 6) is 0. The Morgan fingerprint density at radius 3 is 1.03 bits per heavy atom. The average molecular weight is 1570 g/mol.